The lowest BCUT2D eigenvalue weighted by atomic mass is 10.2. The first kappa shape index (κ1) is 9.27. The van der Waals surface area contributed by atoms with Gasteiger partial charge < -0.3 is 4.74 Å². The minimum atomic E-state index is -0.296. The summed E-state index contributed by atoms with van der Waals surface area (Å²) in [7, 11) is 0. The third-order valence-electron chi connectivity index (χ3n) is 1.48. The molecule has 1 rings (SSSR count). The Kier molecular flexibility index (Phi) is 3.04. The molecule has 0 unspecified atom stereocenters. The largest absolute Gasteiger partial charge is 0.426 e. The summed E-state index contributed by atoms with van der Waals surface area (Å²) in [6, 6.07) is 8.48. The van der Waals surface area contributed by atoms with E-state index in [1.54, 1.807) is 25.1 Å². The summed E-state index contributed by atoms with van der Waals surface area (Å²) in [5, 5.41) is 8.56. The van der Waals surface area contributed by atoms with E-state index in [1.807, 2.05) is 6.07 Å². The van der Waals surface area contributed by atoms with Gasteiger partial charge in [-0.15, -0.1) is 0 Å². The number of rotatable bonds is 2. The van der Waals surface area contributed by atoms with Gasteiger partial charge >= 0.3 is 5.97 Å². The Morgan fingerprint density at radius 2 is 2.38 bits per heavy atom. The van der Waals surface area contributed by atoms with Crippen molar-refractivity contribution in [1.82, 2.24) is 0 Å². The summed E-state index contributed by atoms with van der Waals surface area (Å²) in [5.74, 6) is 0.126. The van der Waals surface area contributed by atoms with Crippen LogP contribution >= 0.6 is 0 Å². The van der Waals surface area contributed by atoms with Gasteiger partial charge in [0.2, 0.25) is 0 Å². The molecule has 0 saturated carbocycles. The molecule has 0 heterocycles. The molecular formula is C10H9NO2. The van der Waals surface area contributed by atoms with Crippen LogP contribution in [0.2, 0.25) is 0 Å². The van der Waals surface area contributed by atoms with E-state index in [9.17, 15) is 4.79 Å². The van der Waals surface area contributed by atoms with Crippen molar-refractivity contribution in [2.75, 3.05) is 0 Å². The second-order valence-corrected chi connectivity index (χ2v) is 2.47. The van der Waals surface area contributed by atoms with Crippen LogP contribution in [0, 0.1) is 11.3 Å². The zero-order valence-electron chi connectivity index (χ0n) is 7.28. The topological polar surface area (TPSA) is 50.1 Å². The number of carbonyl (C=O) groups is 1. The Hall–Kier alpha value is -1.82. The molecule has 0 bridgehead atoms. The van der Waals surface area contributed by atoms with Crippen LogP contribution in [0.4, 0.5) is 0 Å². The lowest BCUT2D eigenvalue weighted by Crippen LogP contribution is -2.05. The van der Waals surface area contributed by atoms with Crippen LogP contribution in [0.5, 0.6) is 5.75 Å². The van der Waals surface area contributed by atoms with Crippen molar-refractivity contribution >= 4 is 5.97 Å². The third-order valence-corrected chi connectivity index (χ3v) is 1.48. The molecule has 0 spiro atoms. The Labute approximate surface area is 76.6 Å². The van der Waals surface area contributed by atoms with Crippen LogP contribution in [-0.4, -0.2) is 5.97 Å². The highest BCUT2D eigenvalue weighted by molar-refractivity contribution is 5.72. The zero-order valence-corrected chi connectivity index (χ0v) is 7.28. The van der Waals surface area contributed by atoms with E-state index >= 15 is 0 Å². The summed E-state index contributed by atoms with van der Waals surface area (Å²) >= 11 is 0. The van der Waals surface area contributed by atoms with Crippen molar-refractivity contribution in [1.29, 1.82) is 5.26 Å². The summed E-state index contributed by atoms with van der Waals surface area (Å²) in [5.41, 5.74) is 0.487. The van der Waals surface area contributed by atoms with Crippen molar-refractivity contribution in [3.63, 3.8) is 0 Å². The molecule has 3 heteroatoms. The molecule has 0 saturated heterocycles. The highest BCUT2D eigenvalue weighted by atomic mass is 16.5. The number of ether oxygens (including phenoxy) is 1. The summed E-state index contributed by atoms with van der Waals surface area (Å²) in [6.45, 7) is 1.72. The number of benzene rings is 1. The van der Waals surface area contributed by atoms with E-state index in [1.165, 1.54) is 6.07 Å². The highest BCUT2D eigenvalue weighted by Gasteiger charge is 2.01. The summed E-state index contributed by atoms with van der Waals surface area (Å²) in [4.78, 5) is 10.9. The van der Waals surface area contributed by atoms with Crippen LogP contribution in [0.25, 0.3) is 0 Å². The summed E-state index contributed by atoms with van der Waals surface area (Å²) < 4.78 is 4.92. The van der Waals surface area contributed by atoms with Crippen LogP contribution in [0.15, 0.2) is 24.3 Å². The molecule has 0 aliphatic heterocycles. The zero-order chi connectivity index (χ0) is 9.68. The van der Waals surface area contributed by atoms with E-state index in [0.29, 0.717) is 17.7 Å². The van der Waals surface area contributed by atoms with Crippen molar-refractivity contribution in [2.24, 2.45) is 0 Å². The molecule has 0 atom stereocenters. The number of hydrogen-bond acceptors (Lipinski definition) is 3. The maximum absolute atomic E-state index is 10.9. The Balaban J connectivity index is 2.79. The molecule has 0 N–H and O–H groups in total. The predicted octanol–water partition coefficient (Wildman–Crippen LogP) is 1.87. The van der Waals surface area contributed by atoms with E-state index in [4.69, 9.17) is 10.00 Å². The van der Waals surface area contributed by atoms with E-state index < -0.39 is 0 Å². The standard InChI is InChI=1S/C10H9NO2/c1-2-10(12)13-9-5-3-4-8(6-9)7-11/h3-6H,2H2,1H3. The molecule has 0 aliphatic rings. The fourth-order valence-electron chi connectivity index (χ4n) is 0.833. The van der Waals surface area contributed by atoms with Gasteiger partial charge in [-0.2, -0.15) is 5.26 Å². The van der Waals surface area contributed by atoms with Gasteiger partial charge in [0.15, 0.2) is 0 Å². The van der Waals surface area contributed by atoms with Gasteiger partial charge in [-0.1, -0.05) is 13.0 Å². The molecular weight excluding hydrogens is 166 g/mol. The average Bonchev–Trinajstić information content (AvgIpc) is 2.18. The van der Waals surface area contributed by atoms with Crippen LogP contribution in [-0.2, 0) is 4.79 Å². The van der Waals surface area contributed by atoms with Gasteiger partial charge in [-0.25, -0.2) is 0 Å². The first-order valence-corrected chi connectivity index (χ1v) is 3.97. The molecule has 3 nitrogen and oxygen atoms in total. The second kappa shape index (κ2) is 4.27. The number of nitriles is 1. The van der Waals surface area contributed by atoms with Crippen molar-refractivity contribution in [2.45, 2.75) is 13.3 Å². The lowest BCUT2D eigenvalue weighted by molar-refractivity contribution is -0.134. The molecule has 0 amide bonds. The smallest absolute Gasteiger partial charge is 0.310 e. The van der Waals surface area contributed by atoms with Crippen molar-refractivity contribution in [3.8, 4) is 11.8 Å². The molecule has 13 heavy (non-hydrogen) atoms. The maximum atomic E-state index is 10.9. The van der Waals surface area contributed by atoms with Gasteiger partial charge in [0.25, 0.3) is 0 Å². The molecule has 0 fully saturated rings. The number of esters is 1. The van der Waals surface area contributed by atoms with E-state index in [0.717, 1.165) is 0 Å². The second-order valence-electron chi connectivity index (χ2n) is 2.47. The normalized spacial score (nSPS) is 8.92. The van der Waals surface area contributed by atoms with Crippen LogP contribution < -0.4 is 4.74 Å². The van der Waals surface area contributed by atoms with Gasteiger partial charge in [0.05, 0.1) is 11.6 Å². The van der Waals surface area contributed by atoms with Gasteiger partial charge in [0.1, 0.15) is 5.75 Å². The Bertz CT molecular complexity index is 352. The highest BCUT2D eigenvalue weighted by Crippen LogP contribution is 2.12. The van der Waals surface area contributed by atoms with Crippen molar-refractivity contribution in [3.05, 3.63) is 29.8 Å². The van der Waals surface area contributed by atoms with Crippen LogP contribution in [0.1, 0.15) is 18.9 Å². The molecule has 1 aromatic carbocycles. The lowest BCUT2D eigenvalue weighted by Gasteiger charge is -2.01. The van der Waals surface area contributed by atoms with Gasteiger partial charge in [0, 0.05) is 6.42 Å². The predicted molar refractivity (Wildman–Crippen MR) is 47.1 cm³/mol. The number of carbonyl (C=O) groups excluding carboxylic acids is 1. The fraction of sp³-hybridized carbons (Fsp3) is 0.200. The average molecular weight is 175 g/mol. The minimum Gasteiger partial charge on any atom is -0.426 e. The summed E-state index contributed by atoms with van der Waals surface area (Å²) in [6.07, 6.45) is 0.330. The van der Waals surface area contributed by atoms with Gasteiger partial charge in [-0.3, -0.25) is 4.79 Å². The molecule has 1 aromatic rings. The van der Waals surface area contributed by atoms with Crippen molar-refractivity contribution < 1.29 is 9.53 Å². The third kappa shape index (κ3) is 2.60. The SMILES string of the molecule is CCC(=O)Oc1cccc(C#N)c1. The first-order chi connectivity index (χ1) is 6.26. The Morgan fingerprint density at radius 3 is 3.00 bits per heavy atom. The van der Waals surface area contributed by atoms with Crippen LogP contribution in [0.3, 0.4) is 0 Å². The molecule has 0 radical (unpaired) electrons. The van der Waals surface area contributed by atoms with Gasteiger partial charge in [-0.05, 0) is 18.2 Å². The molecule has 66 valence electrons. The number of nitrogens with zero attached hydrogens (tertiary/aromatic N) is 1. The first-order valence-electron chi connectivity index (χ1n) is 3.97. The minimum absolute atomic E-state index is 0.296. The van der Waals surface area contributed by atoms with E-state index in [-0.39, 0.29) is 5.97 Å². The maximum Gasteiger partial charge on any atom is 0.310 e. The molecule has 0 aromatic heterocycles. The fourth-order valence-corrected chi connectivity index (χ4v) is 0.833. The quantitative estimate of drug-likeness (QED) is 0.509. The van der Waals surface area contributed by atoms with E-state index in [2.05, 4.69) is 0 Å². The number of hydrogen-bond donors (Lipinski definition) is 0. The molecule has 0 aliphatic carbocycles. The Morgan fingerprint density at radius 1 is 1.62 bits per heavy atom. The monoisotopic (exact) mass is 175 g/mol.